The van der Waals surface area contributed by atoms with Gasteiger partial charge in [0.05, 0.1) is 10.9 Å². The molecule has 0 aliphatic carbocycles. The van der Waals surface area contributed by atoms with Gasteiger partial charge in [0.1, 0.15) is 4.90 Å². The number of sulfonamides is 1. The number of carbonyl (C=O) groups excluding carboxylic acids is 1. The summed E-state index contributed by atoms with van der Waals surface area (Å²) in [5, 5.41) is 0.385. The molecule has 5 nitrogen and oxygen atoms in total. The van der Waals surface area contributed by atoms with E-state index in [0.717, 1.165) is 0 Å². The fourth-order valence-electron chi connectivity index (χ4n) is 2.30. The average molecular weight is 337 g/mol. The first kappa shape index (κ1) is 15.6. The molecule has 2 N–H and O–H groups in total. The van der Waals surface area contributed by atoms with Crippen LogP contribution in [0.5, 0.6) is 0 Å². The molecule has 0 saturated carbocycles. The number of nitrogens with zero attached hydrogens (tertiary/aromatic N) is 1. The zero-order chi connectivity index (χ0) is 15.1. The Labute approximate surface area is 127 Å². The van der Waals surface area contributed by atoms with Gasteiger partial charge in [-0.3, -0.25) is 4.79 Å². The predicted molar refractivity (Wildman–Crippen MR) is 77.1 cm³/mol. The highest BCUT2D eigenvalue weighted by atomic mass is 35.5. The van der Waals surface area contributed by atoms with Crippen molar-refractivity contribution in [2.75, 3.05) is 13.1 Å². The highest BCUT2D eigenvalue weighted by molar-refractivity contribution is 7.89. The number of benzene rings is 1. The molecule has 110 valence electrons. The first-order chi connectivity index (χ1) is 9.23. The normalized spacial score (nSPS) is 23.9. The fraction of sp³-hybridized carbons (Fsp3) is 0.417. The van der Waals surface area contributed by atoms with Crippen LogP contribution in [0.15, 0.2) is 23.1 Å². The number of carbonyl (C=O) groups is 1. The zero-order valence-corrected chi connectivity index (χ0v) is 13.0. The maximum Gasteiger partial charge on any atom is 0.244 e. The van der Waals surface area contributed by atoms with Gasteiger partial charge in [-0.25, -0.2) is 8.42 Å². The topological polar surface area (TPSA) is 80.5 Å². The Kier molecular flexibility index (Phi) is 4.30. The van der Waals surface area contributed by atoms with Crippen molar-refractivity contribution in [3.8, 4) is 0 Å². The minimum Gasteiger partial charge on any atom is -0.369 e. The summed E-state index contributed by atoms with van der Waals surface area (Å²) in [6.07, 6.45) is 0. The van der Waals surface area contributed by atoms with Gasteiger partial charge < -0.3 is 5.73 Å². The van der Waals surface area contributed by atoms with Crippen LogP contribution in [-0.4, -0.2) is 31.7 Å². The van der Waals surface area contributed by atoms with E-state index in [1.54, 1.807) is 6.92 Å². The molecule has 1 aliphatic heterocycles. The lowest BCUT2D eigenvalue weighted by Gasteiger charge is -2.17. The van der Waals surface area contributed by atoms with Crippen LogP contribution in [0.2, 0.25) is 10.0 Å². The molecular formula is C12H14Cl2N2O3S. The number of hydrogen-bond acceptors (Lipinski definition) is 3. The van der Waals surface area contributed by atoms with Gasteiger partial charge in [-0.15, -0.1) is 0 Å². The van der Waals surface area contributed by atoms with Crippen molar-refractivity contribution in [1.29, 1.82) is 0 Å². The van der Waals surface area contributed by atoms with Crippen LogP contribution < -0.4 is 5.73 Å². The lowest BCUT2D eigenvalue weighted by Crippen LogP contribution is -2.32. The molecule has 2 rings (SSSR count). The van der Waals surface area contributed by atoms with Crippen LogP contribution in [-0.2, 0) is 14.8 Å². The van der Waals surface area contributed by atoms with E-state index in [1.807, 2.05) is 0 Å². The number of rotatable bonds is 3. The Morgan fingerprint density at radius 3 is 2.55 bits per heavy atom. The van der Waals surface area contributed by atoms with Gasteiger partial charge in [-0.2, -0.15) is 4.31 Å². The molecule has 0 bridgehead atoms. The fourth-order valence-corrected chi connectivity index (χ4v) is 4.61. The molecule has 2 atom stereocenters. The van der Waals surface area contributed by atoms with Crippen molar-refractivity contribution in [1.82, 2.24) is 4.31 Å². The Bertz CT molecular complexity index is 648. The molecule has 1 aromatic carbocycles. The van der Waals surface area contributed by atoms with Crippen LogP contribution in [0, 0.1) is 11.8 Å². The lowest BCUT2D eigenvalue weighted by molar-refractivity contribution is -0.122. The molecule has 1 aromatic rings. The van der Waals surface area contributed by atoms with E-state index in [2.05, 4.69) is 0 Å². The number of hydrogen-bond donors (Lipinski definition) is 1. The van der Waals surface area contributed by atoms with Crippen molar-refractivity contribution < 1.29 is 13.2 Å². The van der Waals surface area contributed by atoms with Crippen LogP contribution >= 0.6 is 23.2 Å². The largest absolute Gasteiger partial charge is 0.369 e. The molecule has 20 heavy (non-hydrogen) atoms. The van der Waals surface area contributed by atoms with Gasteiger partial charge in [0.15, 0.2) is 0 Å². The molecule has 0 spiro atoms. The predicted octanol–water partition coefficient (Wildman–Crippen LogP) is 1.74. The standard InChI is InChI=1S/C12H14Cl2N2O3S/c1-7-5-16(6-9(7)12(15)17)20(18,19)11-4-8(13)2-3-10(11)14/h2-4,7,9H,5-6H2,1H3,(H2,15,17)/t7-,9-/m1/s1. The second-order valence-corrected chi connectivity index (χ2v) is 7.63. The number of amides is 1. The van der Waals surface area contributed by atoms with Crippen molar-refractivity contribution in [2.24, 2.45) is 17.6 Å². The second kappa shape index (κ2) is 5.52. The molecule has 0 unspecified atom stereocenters. The molecule has 1 heterocycles. The minimum atomic E-state index is -3.78. The first-order valence-electron chi connectivity index (χ1n) is 5.98. The lowest BCUT2D eigenvalue weighted by atomic mass is 9.98. The number of primary amides is 1. The van der Waals surface area contributed by atoms with E-state index >= 15 is 0 Å². The quantitative estimate of drug-likeness (QED) is 0.912. The van der Waals surface area contributed by atoms with E-state index < -0.39 is 21.8 Å². The van der Waals surface area contributed by atoms with Crippen LogP contribution in [0.3, 0.4) is 0 Å². The van der Waals surface area contributed by atoms with E-state index in [0.29, 0.717) is 0 Å². The van der Waals surface area contributed by atoms with Gasteiger partial charge in [0.2, 0.25) is 15.9 Å². The number of nitrogens with two attached hydrogens (primary N) is 1. The van der Waals surface area contributed by atoms with E-state index in [4.69, 9.17) is 28.9 Å². The van der Waals surface area contributed by atoms with Gasteiger partial charge in [0, 0.05) is 18.1 Å². The van der Waals surface area contributed by atoms with Gasteiger partial charge >= 0.3 is 0 Å². The van der Waals surface area contributed by atoms with Gasteiger partial charge in [-0.1, -0.05) is 30.1 Å². The molecule has 0 radical (unpaired) electrons. The van der Waals surface area contributed by atoms with Crippen molar-refractivity contribution in [2.45, 2.75) is 11.8 Å². The van der Waals surface area contributed by atoms with E-state index in [9.17, 15) is 13.2 Å². The highest BCUT2D eigenvalue weighted by Gasteiger charge is 2.40. The van der Waals surface area contributed by atoms with Gasteiger partial charge in [-0.05, 0) is 24.1 Å². The maximum absolute atomic E-state index is 12.6. The summed E-state index contributed by atoms with van der Waals surface area (Å²) >= 11 is 11.8. The third kappa shape index (κ3) is 2.79. The first-order valence-corrected chi connectivity index (χ1v) is 8.17. The molecule has 0 aromatic heterocycles. The zero-order valence-electron chi connectivity index (χ0n) is 10.7. The van der Waals surface area contributed by atoms with Crippen LogP contribution in [0.25, 0.3) is 0 Å². The molecular weight excluding hydrogens is 323 g/mol. The number of halogens is 2. The molecule has 1 amide bonds. The third-order valence-corrected chi connectivity index (χ3v) is 6.00. The van der Waals surface area contributed by atoms with Crippen LogP contribution in [0.1, 0.15) is 6.92 Å². The Morgan fingerprint density at radius 1 is 1.35 bits per heavy atom. The van der Waals surface area contributed by atoms with E-state index in [-0.39, 0.29) is 33.9 Å². The molecule has 1 aliphatic rings. The summed E-state index contributed by atoms with van der Waals surface area (Å²) in [6.45, 7) is 2.10. The SMILES string of the molecule is C[C@@H]1CN(S(=O)(=O)c2cc(Cl)ccc2Cl)C[C@H]1C(N)=O. The van der Waals surface area contributed by atoms with Gasteiger partial charge in [0.25, 0.3) is 0 Å². The Balaban J connectivity index is 2.37. The summed E-state index contributed by atoms with van der Waals surface area (Å²) in [6, 6.07) is 4.26. The smallest absolute Gasteiger partial charge is 0.244 e. The second-order valence-electron chi connectivity index (χ2n) is 4.88. The minimum absolute atomic E-state index is 0.0519. The highest BCUT2D eigenvalue weighted by Crippen LogP contribution is 2.32. The molecule has 1 saturated heterocycles. The monoisotopic (exact) mass is 336 g/mol. The van der Waals surface area contributed by atoms with Crippen LogP contribution in [0.4, 0.5) is 0 Å². The van der Waals surface area contributed by atoms with Crippen molar-refractivity contribution in [3.05, 3.63) is 28.2 Å². The molecule has 1 fully saturated rings. The summed E-state index contributed by atoms with van der Waals surface area (Å²) in [5.74, 6) is -1.10. The third-order valence-electron chi connectivity index (χ3n) is 3.46. The maximum atomic E-state index is 12.6. The van der Waals surface area contributed by atoms with Crippen molar-refractivity contribution in [3.63, 3.8) is 0 Å². The summed E-state index contributed by atoms with van der Waals surface area (Å²) < 4.78 is 26.3. The summed E-state index contributed by atoms with van der Waals surface area (Å²) in [4.78, 5) is 11.2. The molecule has 8 heteroatoms. The summed E-state index contributed by atoms with van der Waals surface area (Å²) in [7, 11) is -3.78. The van der Waals surface area contributed by atoms with Crippen molar-refractivity contribution >= 4 is 39.1 Å². The Hall–Kier alpha value is -0.820. The average Bonchev–Trinajstić information content (AvgIpc) is 2.75. The summed E-state index contributed by atoms with van der Waals surface area (Å²) in [5.41, 5.74) is 5.28. The Morgan fingerprint density at radius 2 is 2.00 bits per heavy atom. The van der Waals surface area contributed by atoms with E-state index in [1.165, 1.54) is 22.5 Å².